The van der Waals surface area contributed by atoms with Gasteiger partial charge in [0.2, 0.25) is 5.75 Å². The Kier molecular flexibility index (Phi) is 4.50. The van der Waals surface area contributed by atoms with Crippen molar-refractivity contribution < 1.29 is 19.7 Å². The third-order valence-electron chi connectivity index (χ3n) is 3.51. The lowest BCUT2D eigenvalue weighted by atomic mass is 10.1. The lowest BCUT2D eigenvalue weighted by Crippen LogP contribution is -1.93. The van der Waals surface area contributed by atoms with Crippen molar-refractivity contribution in [2.24, 2.45) is 0 Å². The summed E-state index contributed by atoms with van der Waals surface area (Å²) in [5.41, 5.74) is 0.575. The fourth-order valence-electron chi connectivity index (χ4n) is 2.29. The third-order valence-corrected chi connectivity index (χ3v) is 4.49. The zero-order valence-corrected chi connectivity index (χ0v) is 14.1. The van der Waals surface area contributed by atoms with E-state index in [1.807, 2.05) is 0 Å². The van der Waals surface area contributed by atoms with E-state index in [9.17, 15) is 25.3 Å². The molecule has 132 valence electrons. The van der Waals surface area contributed by atoms with Gasteiger partial charge in [-0.2, -0.15) is 0 Å². The zero-order chi connectivity index (χ0) is 18.8. The van der Waals surface area contributed by atoms with Crippen molar-refractivity contribution in [3.63, 3.8) is 0 Å². The maximum Gasteiger partial charge on any atom is 0.315 e. The molecule has 9 nitrogen and oxygen atoms in total. The maximum absolute atomic E-state index is 11.0. The molecule has 3 rings (SSSR count). The number of methoxy groups -OCH3 is 1. The highest BCUT2D eigenvalue weighted by Gasteiger charge is 2.19. The van der Waals surface area contributed by atoms with Gasteiger partial charge in [0.15, 0.2) is 5.75 Å². The second kappa shape index (κ2) is 6.76. The molecule has 1 aromatic heterocycles. The summed E-state index contributed by atoms with van der Waals surface area (Å²) in [6, 6.07) is 7.06. The minimum atomic E-state index is -0.702. The normalized spacial score (nSPS) is 11.1. The SMILES string of the molecule is COc1cc(C=Cc2nc3ccc([N+](=O)[O-])cc3s2)cc([N+](=O)[O-])c1O. The smallest absolute Gasteiger partial charge is 0.315 e. The van der Waals surface area contributed by atoms with Gasteiger partial charge in [-0.15, -0.1) is 11.3 Å². The Morgan fingerprint density at radius 2 is 1.92 bits per heavy atom. The van der Waals surface area contributed by atoms with Gasteiger partial charge in [0.25, 0.3) is 5.69 Å². The summed E-state index contributed by atoms with van der Waals surface area (Å²) in [5.74, 6) is -0.555. The second-order valence-corrected chi connectivity index (χ2v) is 6.20. The molecular formula is C16H11N3O6S. The Morgan fingerprint density at radius 3 is 2.58 bits per heavy atom. The van der Waals surface area contributed by atoms with Crippen LogP contribution in [0.4, 0.5) is 11.4 Å². The molecule has 26 heavy (non-hydrogen) atoms. The first-order chi connectivity index (χ1) is 12.4. The number of non-ortho nitro benzene ring substituents is 1. The number of fused-ring (bicyclic) bond motifs is 1. The van der Waals surface area contributed by atoms with Crippen molar-refractivity contribution in [3.8, 4) is 11.5 Å². The first-order valence-electron chi connectivity index (χ1n) is 7.17. The van der Waals surface area contributed by atoms with Crippen LogP contribution in [0.1, 0.15) is 10.6 Å². The molecule has 0 atom stereocenters. The Hall–Kier alpha value is -3.53. The number of nitro benzene ring substituents is 2. The van der Waals surface area contributed by atoms with Crippen LogP contribution in [0, 0.1) is 20.2 Å². The highest BCUT2D eigenvalue weighted by atomic mass is 32.1. The highest BCUT2D eigenvalue weighted by Crippen LogP contribution is 2.37. The largest absolute Gasteiger partial charge is 0.500 e. The minimum absolute atomic E-state index is 0.0150. The van der Waals surface area contributed by atoms with Gasteiger partial charge in [-0.05, 0) is 23.8 Å². The van der Waals surface area contributed by atoms with Crippen LogP contribution in [-0.2, 0) is 0 Å². The number of hydrogen-bond acceptors (Lipinski definition) is 8. The number of thiazole rings is 1. The molecule has 0 aliphatic rings. The highest BCUT2D eigenvalue weighted by molar-refractivity contribution is 7.19. The number of hydrogen-bond donors (Lipinski definition) is 1. The van der Waals surface area contributed by atoms with E-state index in [0.29, 0.717) is 20.8 Å². The molecule has 2 aromatic carbocycles. The van der Waals surface area contributed by atoms with Gasteiger partial charge in [-0.1, -0.05) is 6.08 Å². The van der Waals surface area contributed by atoms with Crippen LogP contribution in [-0.4, -0.2) is 27.0 Å². The first kappa shape index (κ1) is 17.3. The van der Waals surface area contributed by atoms with Gasteiger partial charge in [0, 0.05) is 18.2 Å². The van der Waals surface area contributed by atoms with Crippen LogP contribution in [0.15, 0.2) is 30.3 Å². The number of aromatic hydroxyl groups is 1. The van der Waals surface area contributed by atoms with E-state index in [1.165, 1.54) is 42.7 Å². The van der Waals surface area contributed by atoms with Gasteiger partial charge in [0.1, 0.15) is 5.01 Å². The standard InChI is InChI=1S/C16H11N3O6S/c1-25-13-7-9(6-12(16(13)20)19(23)24)2-5-15-17-11-4-3-10(18(21)22)8-14(11)26-15/h2-8,20H,1H3. The first-order valence-corrected chi connectivity index (χ1v) is 7.99. The molecule has 0 radical (unpaired) electrons. The number of phenolic OH excluding ortho intramolecular Hbond substituents is 1. The third kappa shape index (κ3) is 3.30. The summed E-state index contributed by atoms with van der Waals surface area (Å²) in [6.07, 6.45) is 3.22. The van der Waals surface area contributed by atoms with Crippen molar-refractivity contribution in [1.82, 2.24) is 4.98 Å². The van der Waals surface area contributed by atoms with E-state index < -0.39 is 21.3 Å². The average Bonchev–Trinajstić information content (AvgIpc) is 3.02. The number of benzene rings is 2. The van der Waals surface area contributed by atoms with Gasteiger partial charge >= 0.3 is 5.69 Å². The van der Waals surface area contributed by atoms with Gasteiger partial charge in [-0.3, -0.25) is 20.2 Å². The molecule has 0 spiro atoms. The van der Waals surface area contributed by atoms with Crippen molar-refractivity contribution in [2.45, 2.75) is 0 Å². The molecule has 1 N–H and O–H groups in total. The number of nitro groups is 2. The summed E-state index contributed by atoms with van der Waals surface area (Å²) >= 11 is 1.25. The fourth-order valence-corrected chi connectivity index (χ4v) is 3.19. The van der Waals surface area contributed by atoms with E-state index in [1.54, 1.807) is 18.2 Å². The van der Waals surface area contributed by atoms with E-state index in [4.69, 9.17) is 4.74 Å². The summed E-state index contributed by atoms with van der Waals surface area (Å²) < 4.78 is 5.61. The number of ether oxygens (including phenoxy) is 1. The molecule has 3 aromatic rings. The van der Waals surface area contributed by atoms with E-state index in [0.717, 1.165) is 0 Å². The molecule has 0 fully saturated rings. The topological polar surface area (TPSA) is 129 Å². The number of phenols is 1. The molecule has 0 bridgehead atoms. The Labute approximate surface area is 150 Å². The Morgan fingerprint density at radius 1 is 1.15 bits per heavy atom. The Bertz CT molecular complexity index is 1060. The lowest BCUT2D eigenvalue weighted by Gasteiger charge is -2.05. The lowest BCUT2D eigenvalue weighted by molar-refractivity contribution is -0.386. The summed E-state index contributed by atoms with van der Waals surface area (Å²) in [7, 11) is 1.30. The Balaban J connectivity index is 1.97. The van der Waals surface area contributed by atoms with Crippen LogP contribution in [0.25, 0.3) is 22.4 Å². The monoisotopic (exact) mass is 373 g/mol. The van der Waals surface area contributed by atoms with Crippen molar-refractivity contribution in [1.29, 1.82) is 0 Å². The number of nitrogens with zero attached hydrogens (tertiary/aromatic N) is 3. The molecule has 10 heteroatoms. The van der Waals surface area contributed by atoms with Crippen molar-refractivity contribution in [2.75, 3.05) is 7.11 Å². The molecule has 0 aliphatic carbocycles. The zero-order valence-electron chi connectivity index (χ0n) is 13.3. The predicted octanol–water partition coefficient (Wildman–Crippen LogP) is 4.00. The summed E-state index contributed by atoms with van der Waals surface area (Å²) in [4.78, 5) is 25.0. The molecule has 0 saturated heterocycles. The quantitative estimate of drug-likeness (QED) is 0.528. The van der Waals surface area contributed by atoms with Crippen LogP contribution >= 0.6 is 11.3 Å². The molecule has 0 saturated carbocycles. The molecule has 0 amide bonds. The van der Waals surface area contributed by atoms with E-state index >= 15 is 0 Å². The second-order valence-electron chi connectivity index (χ2n) is 5.14. The average molecular weight is 373 g/mol. The van der Waals surface area contributed by atoms with E-state index in [2.05, 4.69) is 4.98 Å². The fraction of sp³-hybridized carbons (Fsp3) is 0.0625. The summed E-state index contributed by atoms with van der Waals surface area (Å²) in [5, 5.41) is 32.2. The molecule has 0 unspecified atom stereocenters. The van der Waals surface area contributed by atoms with Crippen LogP contribution in [0.3, 0.4) is 0 Å². The maximum atomic E-state index is 11.0. The number of rotatable bonds is 5. The van der Waals surface area contributed by atoms with Crippen LogP contribution in [0.5, 0.6) is 11.5 Å². The van der Waals surface area contributed by atoms with Crippen LogP contribution in [0.2, 0.25) is 0 Å². The van der Waals surface area contributed by atoms with E-state index in [-0.39, 0.29) is 11.4 Å². The van der Waals surface area contributed by atoms with Crippen molar-refractivity contribution in [3.05, 3.63) is 61.1 Å². The van der Waals surface area contributed by atoms with Gasteiger partial charge in [-0.25, -0.2) is 4.98 Å². The summed E-state index contributed by atoms with van der Waals surface area (Å²) in [6.45, 7) is 0. The minimum Gasteiger partial charge on any atom is -0.500 e. The molecule has 0 aliphatic heterocycles. The molecular weight excluding hydrogens is 362 g/mol. The van der Waals surface area contributed by atoms with Crippen molar-refractivity contribution >= 4 is 45.1 Å². The van der Waals surface area contributed by atoms with Crippen LogP contribution < -0.4 is 4.74 Å². The van der Waals surface area contributed by atoms with Gasteiger partial charge < -0.3 is 9.84 Å². The molecule has 1 heterocycles. The van der Waals surface area contributed by atoms with Gasteiger partial charge in [0.05, 0.1) is 27.2 Å². The number of aromatic nitrogens is 1. The predicted molar refractivity (Wildman–Crippen MR) is 96.5 cm³/mol.